The van der Waals surface area contributed by atoms with E-state index in [0.717, 1.165) is 21.2 Å². The highest BCUT2D eigenvalue weighted by atomic mass is 79.9. The average molecular weight is 468 g/mol. The van der Waals surface area contributed by atoms with Gasteiger partial charge in [0.1, 0.15) is 12.4 Å². The number of carbonyl (C=O) groups excluding carboxylic acids is 1. The Kier molecular flexibility index (Phi) is 6.92. The van der Waals surface area contributed by atoms with Crippen LogP contribution in [0, 0.1) is 17.0 Å². The van der Waals surface area contributed by atoms with Crippen molar-refractivity contribution in [2.24, 2.45) is 5.10 Å². The molecule has 0 aliphatic heterocycles. The van der Waals surface area contributed by atoms with E-state index in [1.54, 1.807) is 36.4 Å². The summed E-state index contributed by atoms with van der Waals surface area (Å²) in [7, 11) is 0. The monoisotopic (exact) mass is 467 g/mol. The number of benzene rings is 3. The lowest BCUT2D eigenvalue weighted by molar-refractivity contribution is -0.384. The van der Waals surface area contributed by atoms with E-state index in [2.05, 4.69) is 26.5 Å². The van der Waals surface area contributed by atoms with E-state index < -0.39 is 4.92 Å². The summed E-state index contributed by atoms with van der Waals surface area (Å²) in [6.45, 7) is 2.23. The number of ether oxygens (including phenoxy) is 1. The molecule has 0 aromatic heterocycles. The van der Waals surface area contributed by atoms with Gasteiger partial charge in [-0.25, -0.2) is 5.43 Å². The van der Waals surface area contributed by atoms with Gasteiger partial charge in [0, 0.05) is 17.7 Å². The molecule has 0 bridgehead atoms. The molecule has 3 aromatic carbocycles. The van der Waals surface area contributed by atoms with E-state index in [4.69, 9.17) is 4.74 Å². The lowest BCUT2D eigenvalue weighted by atomic mass is 10.1. The van der Waals surface area contributed by atoms with Crippen LogP contribution < -0.4 is 10.2 Å². The number of rotatable bonds is 7. The van der Waals surface area contributed by atoms with Crippen molar-refractivity contribution in [3.8, 4) is 5.75 Å². The second kappa shape index (κ2) is 9.80. The molecule has 152 valence electrons. The molecule has 0 saturated carbocycles. The number of nitro benzene ring substituents is 1. The maximum Gasteiger partial charge on any atom is 0.271 e. The summed E-state index contributed by atoms with van der Waals surface area (Å²) in [4.78, 5) is 22.3. The van der Waals surface area contributed by atoms with Crippen molar-refractivity contribution in [3.05, 3.63) is 104 Å². The molecule has 30 heavy (non-hydrogen) atoms. The molecule has 7 nitrogen and oxygen atoms in total. The van der Waals surface area contributed by atoms with Crippen LogP contribution in [0.3, 0.4) is 0 Å². The Balaban J connectivity index is 1.56. The van der Waals surface area contributed by atoms with E-state index in [0.29, 0.717) is 11.3 Å². The Hall–Kier alpha value is -3.52. The van der Waals surface area contributed by atoms with Crippen LogP contribution in [0.2, 0.25) is 0 Å². The van der Waals surface area contributed by atoms with Crippen LogP contribution in [0.25, 0.3) is 0 Å². The van der Waals surface area contributed by atoms with Gasteiger partial charge in [-0.2, -0.15) is 5.10 Å². The van der Waals surface area contributed by atoms with Gasteiger partial charge in [0.15, 0.2) is 0 Å². The molecule has 0 fully saturated rings. The second-order valence-corrected chi connectivity index (χ2v) is 7.32. The molecule has 0 unspecified atom stereocenters. The van der Waals surface area contributed by atoms with Crippen molar-refractivity contribution in [1.82, 2.24) is 5.43 Å². The molecular formula is C22H18BrN3O4. The van der Waals surface area contributed by atoms with Crippen LogP contribution in [0.1, 0.15) is 27.0 Å². The molecule has 8 heteroatoms. The number of amides is 1. The van der Waals surface area contributed by atoms with Gasteiger partial charge in [-0.1, -0.05) is 17.7 Å². The van der Waals surface area contributed by atoms with Gasteiger partial charge in [0.05, 0.1) is 15.6 Å². The number of carbonyl (C=O) groups is 1. The van der Waals surface area contributed by atoms with Gasteiger partial charge in [-0.3, -0.25) is 14.9 Å². The highest BCUT2D eigenvalue weighted by Crippen LogP contribution is 2.26. The minimum atomic E-state index is -0.440. The van der Waals surface area contributed by atoms with Gasteiger partial charge in [0.2, 0.25) is 0 Å². The number of nitro groups is 1. The summed E-state index contributed by atoms with van der Waals surface area (Å²) in [5.74, 6) is 0.336. The summed E-state index contributed by atoms with van der Waals surface area (Å²) in [6, 6.07) is 18.8. The lowest BCUT2D eigenvalue weighted by Crippen LogP contribution is -2.17. The maximum atomic E-state index is 12.1. The first-order chi connectivity index (χ1) is 14.4. The SMILES string of the molecule is Cc1ccc(C(=O)N/N=C\c2ccc(OCc3ccc([N+](=O)[O-])cc3)c(Br)c2)cc1. The molecule has 1 N–H and O–H groups in total. The van der Waals surface area contributed by atoms with Crippen LogP contribution in [0.4, 0.5) is 5.69 Å². The minimum absolute atomic E-state index is 0.0399. The molecule has 0 atom stereocenters. The first-order valence-electron chi connectivity index (χ1n) is 8.98. The number of nitrogens with one attached hydrogen (secondary N) is 1. The maximum absolute atomic E-state index is 12.1. The van der Waals surface area contributed by atoms with Gasteiger partial charge in [0.25, 0.3) is 11.6 Å². The number of nitrogens with zero attached hydrogens (tertiary/aromatic N) is 2. The number of non-ortho nitro benzene ring substituents is 1. The minimum Gasteiger partial charge on any atom is -0.488 e. The zero-order valence-corrected chi connectivity index (χ0v) is 17.6. The van der Waals surface area contributed by atoms with Crippen molar-refractivity contribution >= 4 is 33.7 Å². The highest BCUT2D eigenvalue weighted by molar-refractivity contribution is 9.10. The number of aryl methyl sites for hydroxylation is 1. The molecule has 3 aromatic rings. The second-order valence-electron chi connectivity index (χ2n) is 6.47. The third kappa shape index (κ3) is 5.74. The smallest absolute Gasteiger partial charge is 0.271 e. The van der Waals surface area contributed by atoms with E-state index in [9.17, 15) is 14.9 Å². The van der Waals surface area contributed by atoms with Crippen molar-refractivity contribution in [2.45, 2.75) is 13.5 Å². The Morgan fingerprint density at radius 3 is 2.47 bits per heavy atom. The molecule has 0 aliphatic carbocycles. The van der Waals surface area contributed by atoms with Crippen LogP contribution >= 0.6 is 15.9 Å². The third-order valence-corrected chi connectivity index (χ3v) is 4.81. The summed E-state index contributed by atoms with van der Waals surface area (Å²) >= 11 is 3.45. The zero-order chi connectivity index (χ0) is 21.5. The van der Waals surface area contributed by atoms with Gasteiger partial charge in [-0.15, -0.1) is 0 Å². The van der Waals surface area contributed by atoms with E-state index in [1.807, 2.05) is 25.1 Å². The van der Waals surface area contributed by atoms with Crippen molar-refractivity contribution < 1.29 is 14.5 Å². The lowest BCUT2D eigenvalue weighted by Gasteiger charge is -2.09. The average Bonchev–Trinajstić information content (AvgIpc) is 2.74. The summed E-state index contributed by atoms with van der Waals surface area (Å²) < 4.78 is 6.48. The van der Waals surface area contributed by atoms with E-state index in [1.165, 1.54) is 18.3 Å². The van der Waals surface area contributed by atoms with Crippen LogP contribution in [-0.2, 0) is 6.61 Å². The molecule has 0 aliphatic rings. The normalized spacial score (nSPS) is 10.7. The summed E-state index contributed by atoms with van der Waals surface area (Å²) in [5.41, 5.74) is 5.74. The van der Waals surface area contributed by atoms with E-state index >= 15 is 0 Å². The Morgan fingerprint density at radius 1 is 1.13 bits per heavy atom. The van der Waals surface area contributed by atoms with Crippen LogP contribution in [0.15, 0.2) is 76.3 Å². The number of hydrazone groups is 1. The summed E-state index contributed by atoms with van der Waals surface area (Å²) in [6.07, 6.45) is 1.54. The number of hydrogen-bond acceptors (Lipinski definition) is 5. The molecule has 0 spiro atoms. The Morgan fingerprint density at radius 2 is 1.83 bits per heavy atom. The Labute approximate surface area is 181 Å². The number of halogens is 1. The predicted molar refractivity (Wildman–Crippen MR) is 118 cm³/mol. The largest absolute Gasteiger partial charge is 0.488 e. The fourth-order valence-electron chi connectivity index (χ4n) is 2.52. The fourth-order valence-corrected chi connectivity index (χ4v) is 3.04. The predicted octanol–water partition coefficient (Wildman–Crippen LogP) is 5.01. The third-order valence-electron chi connectivity index (χ3n) is 4.19. The molecule has 3 rings (SSSR count). The highest BCUT2D eigenvalue weighted by Gasteiger charge is 2.07. The first-order valence-corrected chi connectivity index (χ1v) is 9.77. The van der Waals surface area contributed by atoms with Crippen molar-refractivity contribution in [3.63, 3.8) is 0 Å². The number of hydrogen-bond donors (Lipinski definition) is 1. The van der Waals surface area contributed by atoms with Crippen molar-refractivity contribution in [1.29, 1.82) is 0 Å². The van der Waals surface area contributed by atoms with Gasteiger partial charge in [-0.05, 0) is 76.4 Å². The molecule has 0 saturated heterocycles. The van der Waals surface area contributed by atoms with Gasteiger partial charge < -0.3 is 4.74 Å². The molecule has 0 heterocycles. The fraction of sp³-hybridized carbons (Fsp3) is 0.0909. The molecular weight excluding hydrogens is 450 g/mol. The standard InChI is InChI=1S/C22H18BrN3O4/c1-15-2-7-18(8-3-15)22(27)25-24-13-17-6-11-21(20(23)12-17)30-14-16-4-9-19(10-5-16)26(28)29/h2-13H,14H2,1H3,(H,25,27)/b24-13-. The van der Waals surface area contributed by atoms with E-state index in [-0.39, 0.29) is 18.2 Å². The molecule has 0 radical (unpaired) electrons. The van der Waals surface area contributed by atoms with Crippen LogP contribution in [0.5, 0.6) is 5.75 Å². The first kappa shape index (κ1) is 21.2. The Bertz CT molecular complexity index is 1080. The quantitative estimate of drug-likeness (QED) is 0.300. The summed E-state index contributed by atoms with van der Waals surface area (Å²) in [5, 5.41) is 14.7. The van der Waals surface area contributed by atoms with Crippen molar-refractivity contribution in [2.75, 3.05) is 0 Å². The van der Waals surface area contributed by atoms with Crippen LogP contribution in [-0.4, -0.2) is 17.0 Å². The van der Waals surface area contributed by atoms with Gasteiger partial charge >= 0.3 is 0 Å². The zero-order valence-electron chi connectivity index (χ0n) is 16.0. The molecule has 1 amide bonds. The topological polar surface area (TPSA) is 93.8 Å².